The van der Waals surface area contributed by atoms with Crippen LogP contribution >= 0.6 is 15.9 Å². The number of benzene rings is 3. The number of hydrogen-bond acceptors (Lipinski definition) is 1. The quantitative estimate of drug-likeness (QED) is 0.572. The van der Waals surface area contributed by atoms with Crippen molar-refractivity contribution in [2.75, 3.05) is 7.05 Å². The van der Waals surface area contributed by atoms with Crippen LogP contribution in [0.4, 0.5) is 0 Å². The van der Waals surface area contributed by atoms with E-state index in [1.54, 1.807) is 0 Å². The van der Waals surface area contributed by atoms with Crippen molar-refractivity contribution in [3.63, 3.8) is 0 Å². The van der Waals surface area contributed by atoms with Gasteiger partial charge in [0.1, 0.15) is 0 Å². The summed E-state index contributed by atoms with van der Waals surface area (Å²) >= 11 is 3.66. The summed E-state index contributed by atoms with van der Waals surface area (Å²) < 4.78 is 1.19. The van der Waals surface area contributed by atoms with E-state index in [-0.39, 0.29) is 0 Å². The van der Waals surface area contributed by atoms with E-state index in [0.29, 0.717) is 6.04 Å². The molecule has 1 atom stereocenters. The van der Waals surface area contributed by atoms with E-state index in [9.17, 15) is 0 Å². The average Bonchev–Trinajstić information content (AvgIpc) is 2.59. The molecule has 3 aromatic carbocycles. The SMILES string of the molecule is CNC(CCCc1ccc2ccccc2c1)c1ccccc1Br. The first-order valence-corrected chi connectivity index (χ1v) is 8.96. The van der Waals surface area contributed by atoms with E-state index in [2.05, 4.69) is 88.0 Å². The van der Waals surface area contributed by atoms with E-state index in [0.717, 1.165) is 12.8 Å². The van der Waals surface area contributed by atoms with Gasteiger partial charge in [0, 0.05) is 10.5 Å². The molecule has 0 saturated carbocycles. The Morgan fingerprint density at radius 1 is 0.913 bits per heavy atom. The van der Waals surface area contributed by atoms with Crippen molar-refractivity contribution < 1.29 is 0 Å². The van der Waals surface area contributed by atoms with Gasteiger partial charge in [-0.15, -0.1) is 0 Å². The zero-order valence-corrected chi connectivity index (χ0v) is 15.0. The van der Waals surface area contributed by atoms with E-state index >= 15 is 0 Å². The van der Waals surface area contributed by atoms with Crippen LogP contribution in [0.1, 0.15) is 30.0 Å². The molecule has 0 aliphatic rings. The van der Waals surface area contributed by atoms with Gasteiger partial charge in [-0.25, -0.2) is 0 Å². The van der Waals surface area contributed by atoms with Gasteiger partial charge in [0.15, 0.2) is 0 Å². The molecule has 1 N–H and O–H groups in total. The predicted octanol–water partition coefficient (Wildman–Crippen LogP) is 5.89. The maximum atomic E-state index is 3.66. The Balaban J connectivity index is 1.64. The molecule has 118 valence electrons. The van der Waals surface area contributed by atoms with Crippen LogP contribution in [0.25, 0.3) is 10.8 Å². The van der Waals surface area contributed by atoms with E-state index in [1.165, 1.54) is 32.8 Å². The maximum absolute atomic E-state index is 3.66. The molecule has 23 heavy (non-hydrogen) atoms. The molecule has 0 fully saturated rings. The third-order valence-electron chi connectivity index (χ3n) is 4.40. The molecule has 0 spiro atoms. The largest absolute Gasteiger partial charge is 0.313 e. The van der Waals surface area contributed by atoms with Gasteiger partial charge in [-0.2, -0.15) is 0 Å². The summed E-state index contributed by atoms with van der Waals surface area (Å²) in [5, 5.41) is 6.10. The smallest absolute Gasteiger partial charge is 0.0328 e. The molecule has 2 heteroatoms. The van der Waals surface area contributed by atoms with Gasteiger partial charge in [-0.3, -0.25) is 0 Å². The molecule has 0 amide bonds. The Kier molecular flexibility index (Phi) is 5.47. The van der Waals surface area contributed by atoms with E-state index in [4.69, 9.17) is 0 Å². The van der Waals surface area contributed by atoms with Crippen LogP contribution in [0.15, 0.2) is 71.2 Å². The van der Waals surface area contributed by atoms with E-state index in [1.807, 2.05) is 7.05 Å². The van der Waals surface area contributed by atoms with Gasteiger partial charge in [0.05, 0.1) is 0 Å². The molecule has 0 heterocycles. The molecule has 3 rings (SSSR count). The van der Waals surface area contributed by atoms with Crippen LogP contribution in [0.5, 0.6) is 0 Å². The summed E-state index contributed by atoms with van der Waals surface area (Å²) in [5.41, 5.74) is 2.76. The molecule has 0 aromatic heterocycles. The monoisotopic (exact) mass is 367 g/mol. The lowest BCUT2D eigenvalue weighted by Crippen LogP contribution is -2.17. The standard InChI is InChI=1S/C21H22BrN/c1-23-21(19-10-4-5-11-20(19)22)12-6-7-16-13-14-17-8-2-3-9-18(17)15-16/h2-5,8-11,13-15,21,23H,6-7,12H2,1H3. The number of hydrogen-bond donors (Lipinski definition) is 1. The molecule has 0 radical (unpaired) electrons. The van der Waals surface area contributed by atoms with Crippen LogP contribution in [0.2, 0.25) is 0 Å². The third-order valence-corrected chi connectivity index (χ3v) is 5.12. The van der Waals surface area contributed by atoms with Gasteiger partial charge in [0.25, 0.3) is 0 Å². The number of rotatable bonds is 6. The van der Waals surface area contributed by atoms with Gasteiger partial charge in [-0.05, 0) is 54.3 Å². The first kappa shape index (κ1) is 16.2. The summed E-state index contributed by atoms with van der Waals surface area (Å²) in [7, 11) is 2.04. The molecule has 3 aromatic rings. The zero-order valence-electron chi connectivity index (χ0n) is 13.4. The number of halogens is 1. The summed E-state index contributed by atoms with van der Waals surface area (Å²) in [5.74, 6) is 0. The molecule has 1 nitrogen and oxygen atoms in total. The summed E-state index contributed by atoms with van der Waals surface area (Å²) in [6.45, 7) is 0. The fourth-order valence-electron chi connectivity index (χ4n) is 3.12. The Labute approximate surface area is 146 Å². The molecular weight excluding hydrogens is 346 g/mol. The van der Waals surface area contributed by atoms with Crippen molar-refractivity contribution in [2.45, 2.75) is 25.3 Å². The Hall–Kier alpha value is -1.64. The van der Waals surface area contributed by atoms with Gasteiger partial charge in [0.2, 0.25) is 0 Å². The van der Waals surface area contributed by atoms with Crippen molar-refractivity contribution in [3.8, 4) is 0 Å². The lowest BCUT2D eigenvalue weighted by molar-refractivity contribution is 0.525. The zero-order chi connectivity index (χ0) is 16.1. The lowest BCUT2D eigenvalue weighted by atomic mass is 9.98. The van der Waals surface area contributed by atoms with Crippen molar-refractivity contribution in [1.82, 2.24) is 5.32 Å². The van der Waals surface area contributed by atoms with Crippen LogP contribution in [-0.4, -0.2) is 7.05 Å². The Morgan fingerprint density at radius 3 is 2.43 bits per heavy atom. The number of aryl methyl sites for hydroxylation is 1. The highest BCUT2D eigenvalue weighted by Crippen LogP contribution is 2.27. The second kappa shape index (κ2) is 7.76. The molecule has 0 aliphatic carbocycles. The third kappa shape index (κ3) is 4.01. The maximum Gasteiger partial charge on any atom is 0.0328 e. The highest BCUT2D eigenvalue weighted by molar-refractivity contribution is 9.10. The van der Waals surface area contributed by atoms with Crippen LogP contribution in [0.3, 0.4) is 0 Å². The minimum absolute atomic E-state index is 0.394. The first-order chi connectivity index (χ1) is 11.3. The fraction of sp³-hybridized carbons (Fsp3) is 0.238. The predicted molar refractivity (Wildman–Crippen MR) is 103 cm³/mol. The van der Waals surface area contributed by atoms with Crippen LogP contribution in [-0.2, 0) is 6.42 Å². The first-order valence-electron chi connectivity index (χ1n) is 8.17. The normalized spacial score (nSPS) is 12.4. The van der Waals surface area contributed by atoms with Gasteiger partial charge < -0.3 is 5.32 Å². The Bertz CT molecular complexity index is 781. The molecule has 1 unspecified atom stereocenters. The minimum Gasteiger partial charge on any atom is -0.313 e. The second-order valence-corrected chi connectivity index (χ2v) is 6.79. The van der Waals surface area contributed by atoms with Crippen molar-refractivity contribution in [1.29, 1.82) is 0 Å². The second-order valence-electron chi connectivity index (χ2n) is 5.94. The molecular formula is C21H22BrN. The van der Waals surface area contributed by atoms with Crippen molar-refractivity contribution in [3.05, 3.63) is 82.3 Å². The number of nitrogens with one attached hydrogen (secondary N) is 1. The fourth-order valence-corrected chi connectivity index (χ4v) is 3.68. The Morgan fingerprint density at radius 2 is 1.65 bits per heavy atom. The van der Waals surface area contributed by atoms with Crippen molar-refractivity contribution >= 4 is 26.7 Å². The highest BCUT2D eigenvalue weighted by Gasteiger charge is 2.11. The summed E-state index contributed by atoms with van der Waals surface area (Å²) in [6, 6.07) is 24.2. The average molecular weight is 368 g/mol. The van der Waals surface area contributed by atoms with Crippen LogP contribution < -0.4 is 5.32 Å². The summed E-state index contributed by atoms with van der Waals surface area (Å²) in [4.78, 5) is 0. The minimum atomic E-state index is 0.394. The summed E-state index contributed by atoms with van der Waals surface area (Å²) in [6.07, 6.45) is 3.42. The van der Waals surface area contributed by atoms with Gasteiger partial charge in [-0.1, -0.05) is 76.6 Å². The van der Waals surface area contributed by atoms with E-state index < -0.39 is 0 Å². The molecule has 0 saturated heterocycles. The molecule has 0 bridgehead atoms. The highest BCUT2D eigenvalue weighted by atomic mass is 79.9. The van der Waals surface area contributed by atoms with Gasteiger partial charge >= 0.3 is 0 Å². The number of fused-ring (bicyclic) bond motifs is 1. The van der Waals surface area contributed by atoms with Crippen molar-refractivity contribution in [2.24, 2.45) is 0 Å². The topological polar surface area (TPSA) is 12.0 Å². The van der Waals surface area contributed by atoms with Crippen LogP contribution in [0, 0.1) is 0 Å². The lowest BCUT2D eigenvalue weighted by Gasteiger charge is -2.18. The molecule has 0 aliphatic heterocycles.